The lowest BCUT2D eigenvalue weighted by Gasteiger charge is -2.49. The number of hydrogen-bond acceptors (Lipinski definition) is 17. The lowest BCUT2D eigenvalue weighted by atomic mass is 9.73. The molecule has 18 heteroatoms. The van der Waals surface area contributed by atoms with Crippen LogP contribution in [0.15, 0.2) is 41.6 Å². The maximum absolute atomic E-state index is 14.9. The van der Waals surface area contributed by atoms with Crippen LogP contribution in [-0.4, -0.2) is 184 Å². The Labute approximate surface area is 416 Å². The lowest BCUT2D eigenvalue weighted by Crippen LogP contribution is -2.61. The van der Waals surface area contributed by atoms with Crippen molar-refractivity contribution in [2.45, 2.75) is 199 Å². The predicted octanol–water partition coefficient (Wildman–Crippen LogP) is 4.15. The molecule has 400 valence electrons. The minimum Gasteiger partial charge on any atom is -0.459 e. The Morgan fingerprint density at radius 3 is 2.33 bits per heavy atom. The Morgan fingerprint density at radius 2 is 1.67 bits per heavy atom. The van der Waals surface area contributed by atoms with Gasteiger partial charge in [0.15, 0.2) is 12.6 Å². The molecule has 70 heavy (non-hydrogen) atoms. The molecule has 6 N–H and O–H groups in total. The van der Waals surface area contributed by atoms with E-state index >= 15 is 0 Å². The lowest BCUT2D eigenvalue weighted by molar-refractivity contribution is -0.318. The number of ether oxygens (including phenoxy) is 6. The number of halogens is 1. The van der Waals surface area contributed by atoms with E-state index in [0.717, 1.165) is 26.2 Å². The number of hydrogen-bond donors (Lipinski definition) is 6. The average molecular weight is 995 g/mol. The summed E-state index contributed by atoms with van der Waals surface area (Å²) >= 11 is 0. The molecule has 0 saturated carbocycles. The molecule has 4 aliphatic heterocycles. The molecule has 0 spiro atoms. The van der Waals surface area contributed by atoms with E-state index in [1.54, 1.807) is 73.7 Å². The smallest absolute Gasteiger partial charge is 0.311 e. The number of carbonyl (C=O) groups excluding carboxylic acids is 1. The minimum atomic E-state index is -1.98. The van der Waals surface area contributed by atoms with E-state index in [0.29, 0.717) is 23.7 Å². The van der Waals surface area contributed by atoms with Crippen molar-refractivity contribution in [3.63, 3.8) is 0 Å². The zero-order chi connectivity index (χ0) is 51.9. The second-order valence-corrected chi connectivity index (χ2v) is 21.5. The van der Waals surface area contributed by atoms with Gasteiger partial charge in [-0.1, -0.05) is 57.1 Å². The fourth-order valence-corrected chi connectivity index (χ4v) is 11.2. The second kappa shape index (κ2) is 25.0. The van der Waals surface area contributed by atoms with Crippen molar-refractivity contribution >= 4 is 11.7 Å². The number of aliphatic hydroxyl groups is 5. The fourth-order valence-electron chi connectivity index (χ4n) is 11.2. The number of likely N-dealkylation sites (N-methyl/N-ethyl adjacent to an activating group) is 1. The van der Waals surface area contributed by atoms with Crippen molar-refractivity contribution in [3.8, 4) is 0 Å². The van der Waals surface area contributed by atoms with E-state index < -0.39 is 114 Å². The van der Waals surface area contributed by atoms with Crippen LogP contribution in [-0.2, 0) is 44.6 Å². The number of oxime groups is 1. The number of aliphatic hydroxyl groups excluding tert-OH is 3. The molecule has 17 nitrogen and oxygen atoms in total. The van der Waals surface area contributed by atoms with Crippen molar-refractivity contribution in [2.24, 2.45) is 28.8 Å². The number of methoxy groups -OCH3 is 1. The van der Waals surface area contributed by atoms with Gasteiger partial charge in [-0.15, -0.1) is 0 Å². The number of benzene rings is 1. The van der Waals surface area contributed by atoms with Gasteiger partial charge in [0.25, 0.3) is 0 Å². The SMILES string of the molecule is CC[C@H]1OC(=O)[C@H](C)[C@@H](O[C@H]2C[C@@](C)(OC)[C@@H](O)[C@H](C)O2)[C@H](C)[C@@H](O[C@@H]2O[C@H](C)C[C@H](N(C)Cc3ccccc3F)[C@H]2O)[C@@](C)(O)C[C@@H](C)/C(=N\OC/C=C/CN2CCNC(C)C2)[C@H](C)[C@@H](O)[C@]1(C)O. The first kappa shape index (κ1) is 58.2. The Balaban J connectivity index is 1.56. The van der Waals surface area contributed by atoms with Gasteiger partial charge in [-0.3, -0.25) is 14.6 Å². The second-order valence-electron chi connectivity index (χ2n) is 21.5. The molecule has 4 fully saturated rings. The Kier molecular flexibility index (Phi) is 20.8. The molecule has 0 aromatic heterocycles. The van der Waals surface area contributed by atoms with Crippen molar-refractivity contribution in [2.75, 3.05) is 46.9 Å². The highest BCUT2D eigenvalue weighted by atomic mass is 19.1. The van der Waals surface area contributed by atoms with Crippen molar-refractivity contribution in [1.29, 1.82) is 0 Å². The highest BCUT2D eigenvalue weighted by molar-refractivity contribution is 5.88. The zero-order valence-corrected chi connectivity index (χ0v) is 44.0. The minimum absolute atomic E-state index is 0.0525. The largest absolute Gasteiger partial charge is 0.459 e. The summed E-state index contributed by atoms with van der Waals surface area (Å²) in [6, 6.07) is 6.30. The van der Waals surface area contributed by atoms with Crippen molar-refractivity contribution in [1.82, 2.24) is 15.1 Å². The van der Waals surface area contributed by atoms with Crippen LogP contribution in [0.25, 0.3) is 0 Å². The molecule has 0 amide bonds. The number of nitrogens with zero attached hydrogens (tertiary/aromatic N) is 3. The van der Waals surface area contributed by atoms with Crippen LogP contribution in [0.1, 0.15) is 107 Å². The van der Waals surface area contributed by atoms with E-state index in [9.17, 15) is 34.7 Å². The summed E-state index contributed by atoms with van der Waals surface area (Å²) in [5.41, 5.74) is -4.11. The normalized spacial score (nSPS) is 42.7. The molecule has 4 saturated heterocycles. The van der Waals surface area contributed by atoms with Crippen LogP contribution in [0, 0.1) is 29.5 Å². The highest BCUT2D eigenvalue weighted by Crippen LogP contribution is 2.41. The number of carbonyl (C=O) groups is 1. The molecule has 1 aromatic rings. The molecule has 0 aliphatic carbocycles. The number of esters is 1. The van der Waals surface area contributed by atoms with Crippen LogP contribution in [0.5, 0.6) is 0 Å². The van der Waals surface area contributed by atoms with E-state index in [4.69, 9.17) is 33.3 Å². The predicted molar refractivity (Wildman–Crippen MR) is 262 cm³/mol. The Morgan fingerprint density at radius 1 is 0.971 bits per heavy atom. The molecule has 4 aliphatic rings. The first-order valence-electron chi connectivity index (χ1n) is 25.5. The summed E-state index contributed by atoms with van der Waals surface area (Å²) in [5.74, 6) is -4.65. The van der Waals surface area contributed by atoms with Gasteiger partial charge in [0.2, 0.25) is 0 Å². The molecule has 19 atom stereocenters. The molecule has 1 unspecified atom stereocenters. The van der Waals surface area contributed by atoms with Gasteiger partial charge in [-0.2, -0.15) is 0 Å². The first-order valence-corrected chi connectivity index (χ1v) is 25.5. The number of piperazine rings is 1. The highest BCUT2D eigenvalue weighted by Gasteiger charge is 2.53. The third kappa shape index (κ3) is 14.1. The monoisotopic (exact) mass is 995 g/mol. The van der Waals surface area contributed by atoms with Gasteiger partial charge in [0.1, 0.15) is 36.3 Å². The summed E-state index contributed by atoms with van der Waals surface area (Å²) in [6.07, 6.45) is -6.50. The third-order valence-corrected chi connectivity index (χ3v) is 15.5. The topological polar surface area (TPSA) is 214 Å². The van der Waals surface area contributed by atoms with Gasteiger partial charge >= 0.3 is 5.97 Å². The summed E-state index contributed by atoms with van der Waals surface area (Å²) < 4.78 is 53.1. The maximum Gasteiger partial charge on any atom is 0.311 e. The van der Waals surface area contributed by atoms with Gasteiger partial charge in [-0.25, -0.2) is 4.39 Å². The molecule has 5 rings (SSSR count). The van der Waals surface area contributed by atoms with Crippen LogP contribution in [0.4, 0.5) is 4.39 Å². The van der Waals surface area contributed by atoms with Crippen LogP contribution < -0.4 is 5.32 Å². The van der Waals surface area contributed by atoms with Crippen LogP contribution in [0.2, 0.25) is 0 Å². The van der Waals surface area contributed by atoms with Gasteiger partial charge in [-0.05, 0) is 86.9 Å². The molecule has 0 bridgehead atoms. The third-order valence-electron chi connectivity index (χ3n) is 15.5. The summed E-state index contributed by atoms with van der Waals surface area (Å²) in [6.45, 7) is 23.0. The zero-order valence-electron chi connectivity index (χ0n) is 44.0. The summed E-state index contributed by atoms with van der Waals surface area (Å²) in [4.78, 5) is 24.7. The quantitative estimate of drug-likeness (QED) is 0.0669. The molecular formula is C52H87FN4O13. The molecular weight excluding hydrogens is 908 g/mol. The van der Waals surface area contributed by atoms with E-state index in [-0.39, 0.29) is 38.2 Å². The summed E-state index contributed by atoms with van der Waals surface area (Å²) in [5, 5.41) is 68.6. The average Bonchev–Trinajstić information content (AvgIpc) is 3.30. The maximum atomic E-state index is 14.9. The van der Waals surface area contributed by atoms with Crippen molar-refractivity contribution in [3.05, 3.63) is 47.8 Å². The molecule has 0 radical (unpaired) electrons. The number of nitrogens with one attached hydrogen (secondary N) is 1. The van der Waals surface area contributed by atoms with Crippen LogP contribution in [0.3, 0.4) is 0 Å². The van der Waals surface area contributed by atoms with E-state index in [1.165, 1.54) is 20.1 Å². The van der Waals surface area contributed by atoms with E-state index in [1.807, 2.05) is 30.9 Å². The van der Waals surface area contributed by atoms with Crippen molar-refractivity contribution < 1.29 is 68.0 Å². The molecule has 4 heterocycles. The standard InChI is InChI=1S/C52H87FN4O13/c1-14-40-52(11,63)45(59)33(5)42(55-65-24-18-17-22-57-23-21-54-31(3)28-57)30(2)26-50(9,62)47(70-49-43(58)39(25-32(4)66-49)56(12)29-37-19-15-16-20-38(37)53)34(6)44(35(7)48(61)68-40)69-41-27-51(10,64-13)46(60)36(8)67-41/h15-20,30-36,39-41,43-47,49,54,58-60,62-63H,14,21-29H2,1-13H3/b18-17+,55-42+/t30-,31?,32-,33+,34+,35-,36+,39+,40-,41+,43-,44+,45-,46+,47-,49+,50+,51-,52-/m1/s1. The Bertz CT molecular complexity index is 1880. The fraction of sp³-hybridized carbons (Fsp3) is 0.808. The van der Waals surface area contributed by atoms with Gasteiger partial charge in [0, 0.05) is 81.7 Å². The van der Waals surface area contributed by atoms with Gasteiger partial charge in [0.05, 0.1) is 53.4 Å². The van der Waals surface area contributed by atoms with Gasteiger partial charge < -0.3 is 64.1 Å². The first-order chi connectivity index (χ1) is 32.8. The summed E-state index contributed by atoms with van der Waals surface area (Å²) in [7, 11) is 3.29. The number of cyclic esters (lactones) is 1. The van der Waals surface area contributed by atoms with E-state index in [2.05, 4.69) is 22.3 Å². The number of rotatable bonds is 14. The van der Waals surface area contributed by atoms with Crippen LogP contribution >= 0.6 is 0 Å². The molecule has 1 aromatic carbocycles. The Hall–Kier alpha value is -2.69.